The Morgan fingerprint density at radius 3 is 2.27 bits per heavy atom. The van der Waals surface area contributed by atoms with Crippen LogP contribution in [0.4, 0.5) is 17.3 Å². The topological polar surface area (TPSA) is 226 Å². The minimum atomic E-state index is -0.799. The van der Waals surface area contributed by atoms with E-state index in [1.54, 1.807) is 28.4 Å². The predicted octanol–water partition coefficient (Wildman–Crippen LogP) is 6.31. The molecule has 0 radical (unpaired) electrons. The number of anilines is 3. The molecule has 11 rings (SSSR count). The number of thiazole rings is 1. The number of nitrogens with one attached hydrogen (secondary N) is 1. The number of phenolic OH excluding ortho intramolecular Hbond substituents is 1. The molecule has 5 aromatic rings. The van der Waals surface area contributed by atoms with Crippen LogP contribution in [0.25, 0.3) is 21.7 Å². The summed E-state index contributed by atoms with van der Waals surface area (Å²) >= 11 is 1.60. The molecular formula is C60H82N12O7S. The second-order valence-corrected chi connectivity index (χ2v) is 25.0. The van der Waals surface area contributed by atoms with Gasteiger partial charge in [-0.1, -0.05) is 55.4 Å². The molecule has 1 saturated carbocycles. The lowest BCUT2D eigenvalue weighted by molar-refractivity contribution is -0.141. The maximum atomic E-state index is 14.4. The third-order valence-electron chi connectivity index (χ3n) is 18.3. The number of aryl methyl sites for hydroxylation is 1. The van der Waals surface area contributed by atoms with Crippen LogP contribution in [0, 0.1) is 18.8 Å². The van der Waals surface area contributed by atoms with E-state index < -0.39 is 23.7 Å². The summed E-state index contributed by atoms with van der Waals surface area (Å²) < 4.78 is 12.7. The number of aliphatic hydroxyl groups excluding tert-OH is 1. The summed E-state index contributed by atoms with van der Waals surface area (Å²) in [5.74, 6) is 1.05. The first-order valence-corrected chi connectivity index (χ1v) is 30.3. The lowest BCUT2D eigenvalue weighted by atomic mass is 9.86. The number of para-hydroxylation sites is 1. The first-order chi connectivity index (χ1) is 38.6. The summed E-state index contributed by atoms with van der Waals surface area (Å²) in [6.07, 6.45) is 7.82. The van der Waals surface area contributed by atoms with Gasteiger partial charge in [-0.2, -0.15) is 0 Å². The largest absolute Gasteiger partial charge is 0.507 e. The number of amides is 2. The molecule has 4 atom stereocenters. The van der Waals surface area contributed by atoms with Crippen LogP contribution in [0.3, 0.4) is 0 Å². The SMILES string of the molecule is Cc1ncsc1-c1ccc([C@H](C)NC(=O)[C@@H]2C[C@@H](O)CN2C(=O)[C@@H](c2cc(N3CCC(CN4CCC(O[C@H]5C[C@H](N6CCN(CC7(O)CCN(c8cc(-c9ccccc9O)nnc8N)CC7)CC6)C5)CC4)CC3)no2)C(C)C)cc1. The molecule has 0 bridgehead atoms. The van der Waals surface area contributed by atoms with Gasteiger partial charge in [-0.3, -0.25) is 19.4 Å². The smallest absolute Gasteiger partial charge is 0.243 e. The summed E-state index contributed by atoms with van der Waals surface area (Å²) in [5, 5.41) is 48.9. The number of carbonyl (C=O) groups excluding carboxylic acids is 2. The number of ether oxygens (including phenoxy) is 1. The zero-order valence-corrected chi connectivity index (χ0v) is 47.9. The van der Waals surface area contributed by atoms with Crippen molar-refractivity contribution in [2.24, 2.45) is 11.8 Å². The van der Waals surface area contributed by atoms with E-state index in [9.17, 15) is 24.9 Å². The van der Waals surface area contributed by atoms with Gasteiger partial charge in [0, 0.05) is 109 Å². The number of nitrogens with zero attached hydrogens (tertiary/aromatic N) is 10. The number of β-amino-alcohol motifs (C(OH)–C–C–N with tert-alkyl or cyclic N) is 2. The molecule has 80 heavy (non-hydrogen) atoms. The van der Waals surface area contributed by atoms with E-state index in [0.717, 1.165) is 131 Å². The normalized spacial score (nSPS) is 24.5. The Balaban J connectivity index is 0.571. The van der Waals surface area contributed by atoms with Gasteiger partial charge < -0.3 is 55.2 Å². The molecule has 5 saturated heterocycles. The van der Waals surface area contributed by atoms with Crippen molar-refractivity contribution in [2.45, 2.75) is 133 Å². The zero-order valence-electron chi connectivity index (χ0n) is 47.0. The highest BCUT2D eigenvalue weighted by molar-refractivity contribution is 7.13. The molecular weight excluding hydrogens is 1030 g/mol. The average molecular weight is 1120 g/mol. The Kier molecular flexibility index (Phi) is 17.1. The van der Waals surface area contributed by atoms with Crippen molar-refractivity contribution in [3.63, 3.8) is 0 Å². The van der Waals surface area contributed by atoms with E-state index in [1.807, 2.05) is 81.7 Å². The van der Waals surface area contributed by atoms with Crippen LogP contribution in [0.5, 0.6) is 5.75 Å². The van der Waals surface area contributed by atoms with Crippen molar-refractivity contribution in [3.8, 4) is 27.4 Å². The van der Waals surface area contributed by atoms with Crippen molar-refractivity contribution in [1.29, 1.82) is 0 Å². The fourth-order valence-corrected chi connectivity index (χ4v) is 14.1. The van der Waals surface area contributed by atoms with Crippen molar-refractivity contribution in [1.82, 2.24) is 45.3 Å². The lowest BCUT2D eigenvalue weighted by Gasteiger charge is -2.49. The average Bonchev–Trinajstić information content (AvgIpc) is 4.22. The number of likely N-dealkylation sites (tertiary alicyclic amines) is 2. The van der Waals surface area contributed by atoms with E-state index in [-0.39, 0.29) is 42.5 Å². The number of nitrogens with two attached hydrogens (primary N) is 1. The number of carbonyl (C=O) groups is 2. The van der Waals surface area contributed by atoms with E-state index in [1.165, 1.54) is 0 Å². The van der Waals surface area contributed by atoms with Crippen LogP contribution in [0.2, 0.25) is 0 Å². The summed E-state index contributed by atoms with van der Waals surface area (Å²) in [6, 6.07) is 18.5. The zero-order chi connectivity index (χ0) is 55.7. The lowest BCUT2D eigenvalue weighted by Crippen LogP contribution is -2.59. The highest BCUT2D eigenvalue weighted by Crippen LogP contribution is 2.38. The standard InChI is InChI=1S/C60H82N12O7S/c1-38(2)55(59(76)72-35-45(73)31-51(72)58(75)63-39(3)42-9-11-43(12-10-42)56-40(4)62-37-80-56)53-33-54(66-79-53)71-21-13-41(14-22-71)34-67-19-15-46(16-20-67)78-47-29-44(30-47)69-27-25-68(26-28-69)36-60(77)17-23-70(24-18-60)50-32-49(64-65-57(50)61)48-7-5-6-8-52(48)74/h5-12,32-33,37-39,41,44-47,51,55,73-74,77H,13-31,34-36H2,1-4H3,(H2,61,65)(H,63,75)/t39-,44-,45+,47-,51-,55+/m0/s1. The quantitative estimate of drug-likeness (QED) is 0.0688. The van der Waals surface area contributed by atoms with Gasteiger partial charge in [-0.25, -0.2) is 4.98 Å². The van der Waals surface area contributed by atoms with Crippen LogP contribution < -0.4 is 20.9 Å². The first kappa shape index (κ1) is 56.1. The number of piperidine rings is 3. The minimum absolute atomic E-state index is 0.0884. The number of aromatic hydroxyl groups is 1. The Morgan fingerprint density at radius 1 is 0.863 bits per heavy atom. The van der Waals surface area contributed by atoms with Gasteiger partial charge in [0.1, 0.15) is 17.7 Å². The number of piperazine rings is 1. The van der Waals surface area contributed by atoms with Crippen molar-refractivity contribution >= 4 is 40.5 Å². The predicted molar refractivity (Wildman–Crippen MR) is 309 cm³/mol. The fraction of sp³-hybridized carbons (Fsp3) is 0.600. The fourth-order valence-electron chi connectivity index (χ4n) is 13.3. The molecule has 6 fully saturated rings. The second-order valence-electron chi connectivity index (χ2n) is 24.2. The number of nitrogen functional groups attached to an aromatic ring is 1. The van der Waals surface area contributed by atoms with Crippen LogP contribution in [0.15, 0.2) is 70.7 Å². The number of phenols is 1. The van der Waals surface area contributed by atoms with E-state index in [2.05, 4.69) is 50.2 Å². The highest BCUT2D eigenvalue weighted by Gasteiger charge is 2.45. The van der Waals surface area contributed by atoms with Gasteiger partial charge in [0.05, 0.1) is 57.4 Å². The van der Waals surface area contributed by atoms with Crippen molar-refractivity contribution < 1.29 is 34.2 Å². The van der Waals surface area contributed by atoms with Crippen LogP contribution in [-0.2, 0) is 14.3 Å². The maximum Gasteiger partial charge on any atom is 0.243 e. The van der Waals surface area contributed by atoms with Gasteiger partial charge in [0.15, 0.2) is 17.4 Å². The van der Waals surface area contributed by atoms with E-state index >= 15 is 0 Å². The first-order valence-electron chi connectivity index (χ1n) is 29.4. The van der Waals surface area contributed by atoms with Crippen molar-refractivity contribution in [2.75, 3.05) is 101 Å². The molecule has 6 N–H and O–H groups in total. The summed E-state index contributed by atoms with van der Waals surface area (Å²) in [7, 11) is 0. The molecule has 1 aliphatic carbocycles. The molecule has 5 aliphatic heterocycles. The molecule has 6 aliphatic rings. The molecule has 0 spiro atoms. The number of hydrogen-bond acceptors (Lipinski definition) is 18. The third-order valence-corrected chi connectivity index (χ3v) is 19.3. The number of rotatable bonds is 17. The number of aromatic nitrogens is 4. The number of hydrogen-bond donors (Lipinski definition) is 5. The van der Waals surface area contributed by atoms with Gasteiger partial charge >= 0.3 is 0 Å². The highest BCUT2D eigenvalue weighted by atomic mass is 32.1. The molecule has 0 unspecified atom stereocenters. The van der Waals surface area contributed by atoms with Gasteiger partial charge in [-0.15, -0.1) is 21.5 Å². The molecule has 3 aromatic heterocycles. The van der Waals surface area contributed by atoms with Gasteiger partial charge in [-0.05, 0) is 106 Å². The molecule has 2 aromatic carbocycles. The molecule has 20 heteroatoms. The third kappa shape index (κ3) is 12.7. The van der Waals surface area contributed by atoms with Gasteiger partial charge in [0.2, 0.25) is 11.8 Å². The Morgan fingerprint density at radius 2 is 1.59 bits per heavy atom. The minimum Gasteiger partial charge on any atom is -0.507 e. The molecule has 2 amide bonds. The molecule has 8 heterocycles. The summed E-state index contributed by atoms with van der Waals surface area (Å²) in [5.41, 5.74) is 12.4. The van der Waals surface area contributed by atoms with Gasteiger partial charge in [0.25, 0.3) is 0 Å². The second kappa shape index (κ2) is 24.4. The number of aliphatic hydroxyl groups is 2. The molecule has 430 valence electrons. The van der Waals surface area contributed by atoms with Crippen LogP contribution >= 0.6 is 11.3 Å². The summed E-state index contributed by atoms with van der Waals surface area (Å²) in [4.78, 5) is 47.4. The Bertz CT molecular complexity index is 2880. The van der Waals surface area contributed by atoms with E-state index in [4.69, 9.17) is 15.0 Å². The van der Waals surface area contributed by atoms with E-state index in [0.29, 0.717) is 79.5 Å². The number of benzene rings is 2. The maximum absolute atomic E-state index is 14.4. The van der Waals surface area contributed by atoms with Crippen LogP contribution in [-0.4, -0.2) is 188 Å². The Labute approximate surface area is 474 Å². The monoisotopic (exact) mass is 1110 g/mol. The summed E-state index contributed by atoms with van der Waals surface area (Å²) in [6.45, 7) is 18.9. The Hall–Kier alpha value is -5.74. The van der Waals surface area contributed by atoms with Crippen molar-refractivity contribution in [3.05, 3.63) is 83.2 Å². The van der Waals surface area contributed by atoms with Crippen LogP contribution in [0.1, 0.15) is 108 Å². The molecule has 19 nitrogen and oxygen atoms in total.